The molecule has 0 radical (unpaired) electrons. The smallest absolute Gasteiger partial charge is 0.0230 e. The number of nitrogens with zero attached hydrogens (tertiary/aromatic N) is 1. The lowest BCUT2D eigenvalue weighted by atomic mass is 9.72. The number of hydrogen-bond acceptors (Lipinski definition) is 1. The average molecular weight is 362 g/mol. The molecule has 0 spiro atoms. The first kappa shape index (κ1) is 25.0. The van der Waals surface area contributed by atoms with E-state index in [0.29, 0.717) is 23.8 Å². The van der Waals surface area contributed by atoms with Gasteiger partial charge in [-0.15, -0.1) is 0 Å². The molecule has 0 amide bonds. The van der Waals surface area contributed by atoms with Crippen LogP contribution in [-0.4, -0.2) is 17.5 Å². The zero-order valence-corrected chi connectivity index (χ0v) is 20.1. The molecule has 0 aromatic carbocycles. The molecule has 0 aromatic rings. The Labute approximate surface area is 165 Å². The van der Waals surface area contributed by atoms with Crippen molar-refractivity contribution in [2.75, 3.05) is 6.54 Å². The van der Waals surface area contributed by atoms with Gasteiger partial charge in [0.25, 0.3) is 0 Å². The molecule has 152 valence electrons. The van der Waals surface area contributed by atoms with E-state index in [1.807, 2.05) is 0 Å². The summed E-state index contributed by atoms with van der Waals surface area (Å²) in [4.78, 5) is 2.63. The minimum atomic E-state index is 0.179. The summed E-state index contributed by atoms with van der Waals surface area (Å²) in [6.07, 6.45) is 4.52. The monoisotopic (exact) mass is 361 g/mol. The lowest BCUT2D eigenvalue weighted by molar-refractivity contribution is 0.229. The predicted octanol–water partition coefficient (Wildman–Crippen LogP) is 7.86. The van der Waals surface area contributed by atoms with E-state index < -0.39 is 0 Å². The van der Waals surface area contributed by atoms with Crippen molar-refractivity contribution in [2.24, 2.45) is 23.2 Å². The van der Waals surface area contributed by atoms with Gasteiger partial charge in [-0.05, 0) is 68.9 Å². The largest absolute Gasteiger partial charge is 0.372 e. The normalized spacial score (nSPS) is 15.4. The molecule has 0 aliphatic rings. The Kier molecular flexibility index (Phi) is 9.99. The van der Waals surface area contributed by atoms with Crippen molar-refractivity contribution in [3.8, 4) is 0 Å². The molecule has 0 unspecified atom stereocenters. The van der Waals surface area contributed by atoms with E-state index in [1.54, 1.807) is 0 Å². The molecule has 0 atom stereocenters. The fraction of sp³-hybridized carbons (Fsp3) is 0.760. The molecular formula is C25H47N. The van der Waals surface area contributed by atoms with Crippen LogP contribution in [0.15, 0.2) is 34.6 Å². The number of allylic oxidation sites excluding steroid dienone is 6. The summed E-state index contributed by atoms with van der Waals surface area (Å²) in [5.74, 6) is 1.77. The Balaban J connectivity index is 6.68. The van der Waals surface area contributed by atoms with Crippen LogP contribution in [0, 0.1) is 23.2 Å². The standard InChI is InChI=1S/C25H47N/c1-14-15-23(22(11)25(12,13)19(6)7)21(10)24(18(4)5)26(20(8)9)16-17(2)3/h14-15,17-20H,16H2,1-13H3/b15-14-,23-22-,24-21+. The first-order chi connectivity index (χ1) is 11.8. The third-order valence-corrected chi connectivity index (χ3v) is 5.98. The van der Waals surface area contributed by atoms with Gasteiger partial charge in [-0.2, -0.15) is 0 Å². The summed E-state index contributed by atoms with van der Waals surface area (Å²) < 4.78 is 0. The van der Waals surface area contributed by atoms with Crippen LogP contribution < -0.4 is 0 Å². The fourth-order valence-electron chi connectivity index (χ4n) is 3.58. The molecule has 0 bridgehead atoms. The maximum atomic E-state index is 2.63. The molecule has 1 heteroatoms. The summed E-state index contributed by atoms with van der Waals surface area (Å²) in [7, 11) is 0. The second-order valence-corrected chi connectivity index (χ2v) is 9.72. The highest BCUT2D eigenvalue weighted by Crippen LogP contribution is 2.39. The molecule has 0 N–H and O–H groups in total. The van der Waals surface area contributed by atoms with Crippen LogP contribution in [0.4, 0.5) is 0 Å². The summed E-state index contributed by atoms with van der Waals surface area (Å²) >= 11 is 0. The van der Waals surface area contributed by atoms with Gasteiger partial charge < -0.3 is 4.90 Å². The Morgan fingerprint density at radius 3 is 1.73 bits per heavy atom. The van der Waals surface area contributed by atoms with Gasteiger partial charge in [0, 0.05) is 18.3 Å². The molecule has 0 fully saturated rings. The van der Waals surface area contributed by atoms with Crippen molar-refractivity contribution in [1.29, 1.82) is 0 Å². The van der Waals surface area contributed by atoms with Crippen LogP contribution >= 0.6 is 0 Å². The maximum Gasteiger partial charge on any atom is 0.0230 e. The van der Waals surface area contributed by atoms with Gasteiger partial charge in [0.15, 0.2) is 0 Å². The maximum absolute atomic E-state index is 2.63. The molecule has 0 saturated heterocycles. The van der Waals surface area contributed by atoms with Gasteiger partial charge in [0.2, 0.25) is 0 Å². The molecule has 0 aliphatic heterocycles. The van der Waals surface area contributed by atoms with Crippen molar-refractivity contribution >= 4 is 0 Å². The van der Waals surface area contributed by atoms with E-state index in [9.17, 15) is 0 Å². The van der Waals surface area contributed by atoms with Gasteiger partial charge in [0.1, 0.15) is 0 Å². The first-order valence-corrected chi connectivity index (χ1v) is 10.6. The van der Waals surface area contributed by atoms with Crippen LogP contribution in [0.25, 0.3) is 0 Å². The van der Waals surface area contributed by atoms with Crippen LogP contribution in [0.1, 0.15) is 90.0 Å². The third-order valence-electron chi connectivity index (χ3n) is 5.98. The summed E-state index contributed by atoms with van der Waals surface area (Å²) in [6, 6.07) is 0.509. The van der Waals surface area contributed by atoms with E-state index in [-0.39, 0.29) is 5.41 Å². The first-order valence-electron chi connectivity index (χ1n) is 10.6. The second-order valence-electron chi connectivity index (χ2n) is 9.72. The molecule has 0 rings (SSSR count). The molecule has 0 heterocycles. The lowest BCUT2D eigenvalue weighted by Gasteiger charge is -2.38. The van der Waals surface area contributed by atoms with E-state index >= 15 is 0 Å². The quantitative estimate of drug-likeness (QED) is 0.378. The summed E-state index contributed by atoms with van der Waals surface area (Å²) in [5, 5.41) is 0. The Morgan fingerprint density at radius 2 is 1.42 bits per heavy atom. The zero-order chi connectivity index (χ0) is 20.8. The molecule has 26 heavy (non-hydrogen) atoms. The van der Waals surface area contributed by atoms with Gasteiger partial charge in [-0.1, -0.05) is 73.1 Å². The second kappa shape index (κ2) is 10.4. The fourth-order valence-corrected chi connectivity index (χ4v) is 3.58. The average Bonchev–Trinajstić information content (AvgIpc) is 2.49. The molecule has 0 aliphatic carbocycles. The van der Waals surface area contributed by atoms with E-state index in [2.05, 4.69) is 107 Å². The van der Waals surface area contributed by atoms with Gasteiger partial charge in [0.05, 0.1) is 0 Å². The third kappa shape index (κ3) is 6.32. The van der Waals surface area contributed by atoms with Crippen LogP contribution in [0.2, 0.25) is 0 Å². The highest BCUT2D eigenvalue weighted by Gasteiger charge is 2.28. The Hall–Kier alpha value is -0.980. The molecule has 0 saturated carbocycles. The van der Waals surface area contributed by atoms with Crippen LogP contribution in [-0.2, 0) is 0 Å². The Morgan fingerprint density at radius 1 is 0.923 bits per heavy atom. The molecular weight excluding hydrogens is 314 g/mol. The number of rotatable bonds is 9. The summed E-state index contributed by atoms with van der Waals surface area (Å²) in [6.45, 7) is 31.3. The highest BCUT2D eigenvalue weighted by molar-refractivity contribution is 5.46. The van der Waals surface area contributed by atoms with Gasteiger partial charge in [-0.25, -0.2) is 0 Å². The van der Waals surface area contributed by atoms with Crippen molar-refractivity contribution in [1.82, 2.24) is 4.90 Å². The van der Waals surface area contributed by atoms with Crippen LogP contribution in [0.5, 0.6) is 0 Å². The van der Waals surface area contributed by atoms with E-state index in [4.69, 9.17) is 0 Å². The van der Waals surface area contributed by atoms with Crippen LogP contribution in [0.3, 0.4) is 0 Å². The number of hydrogen-bond donors (Lipinski definition) is 0. The van der Waals surface area contributed by atoms with Gasteiger partial charge >= 0.3 is 0 Å². The lowest BCUT2D eigenvalue weighted by Crippen LogP contribution is -2.36. The Bertz CT molecular complexity index is 524. The van der Waals surface area contributed by atoms with Gasteiger partial charge in [-0.3, -0.25) is 0 Å². The van der Waals surface area contributed by atoms with E-state index in [0.717, 1.165) is 6.54 Å². The summed E-state index contributed by atoms with van der Waals surface area (Å²) in [5.41, 5.74) is 6.04. The molecule has 1 nitrogen and oxygen atoms in total. The van der Waals surface area contributed by atoms with Crippen molar-refractivity contribution in [3.63, 3.8) is 0 Å². The minimum absolute atomic E-state index is 0.179. The zero-order valence-electron chi connectivity index (χ0n) is 20.1. The SMILES string of the molecule is C\C=C/C(=C(\C)C(C)(C)C(C)C)C(/C)=C(\C(C)C)N(CC(C)C)C(C)C. The van der Waals surface area contributed by atoms with Crippen molar-refractivity contribution in [3.05, 3.63) is 34.6 Å². The topological polar surface area (TPSA) is 3.24 Å². The van der Waals surface area contributed by atoms with Crippen molar-refractivity contribution < 1.29 is 0 Å². The van der Waals surface area contributed by atoms with Crippen molar-refractivity contribution in [2.45, 2.75) is 96.1 Å². The minimum Gasteiger partial charge on any atom is -0.372 e. The highest BCUT2D eigenvalue weighted by atomic mass is 15.2. The predicted molar refractivity (Wildman–Crippen MR) is 120 cm³/mol. The molecule has 0 aromatic heterocycles. The van der Waals surface area contributed by atoms with E-state index in [1.165, 1.54) is 22.4 Å².